The van der Waals surface area contributed by atoms with Crippen LogP contribution in [0, 0.1) is 11.6 Å². The summed E-state index contributed by atoms with van der Waals surface area (Å²) < 4.78 is 31.1. The maximum Gasteiger partial charge on any atom is 0.318 e. The zero-order valence-electron chi connectivity index (χ0n) is 21.0. The maximum absolute atomic E-state index is 12.6. The number of urea groups is 1. The highest BCUT2D eigenvalue weighted by atomic mass is 19.1. The minimum absolute atomic E-state index is 0.0804. The van der Waals surface area contributed by atoms with Crippen molar-refractivity contribution in [2.45, 2.75) is 58.1 Å². The fraction of sp³-hybridized carbons (Fsp3) is 0.519. The number of carbonyl (C=O) groups excluding carboxylic acids is 1. The number of carbonyl (C=O) groups is 1. The molecule has 35 heavy (non-hydrogen) atoms. The minimum Gasteiger partial charge on any atom is -0.489 e. The molecule has 0 atom stereocenters. The van der Waals surface area contributed by atoms with E-state index in [-0.39, 0.29) is 11.8 Å². The van der Waals surface area contributed by atoms with Gasteiger partial charge in [0.15, 0.2) is 0 Å². The van der Waals surface area contributed by atoms with Crippen molar-refractivity contribution >= 4 is 17.4 Å². The molecule has 8 heteroatoms. The predicted molar refractivity (Wildman–Crippen MR) is 137 cm³/mol. The van der Waals surface area contributed by atoms with Crippen molar-refractivity contribution < 1.29 is 18.3 Å². The zero-order chi connectivity index (χ0) is 25.2. The molecule has 6 nitrogen and oxygen atoms in total. The van der Waals surface area contributed by atoms with E-state index >= 15 is 0 Å². The average Bonchev–Trinajstić information content (AvgIpc) is 2.84. The number of amides is 2. The number of rotatable bonds is 5. The molecule has 2 N–H and O–H groups in total. The van der Waals surface area contributed by atoms with Crippen LogP contribution in [0.3, 0.4) is 0 Å². The van der Waals surface area contributed by atoms with Crippen LogP contribution >= 0.6 is 0 Å². The van der Waals surface area contributed by atoms with Crippen LogP contribution in [-0.4, -0.2) is 56.3 Å². The van der Waals surface area contributed by atoms with Gasteiger partial charge in [-0.1, -0.05) is 31.4 Å². The number of nitrogens with zero attached hydrogens (tertiary/aromatic N) is 2. The lowest BCUT2D eigenvalue weighted by molar-refractivity contribution is 0.147. The Kier molecular flexibility index (Phi) is 10.1. The third-order valence-corrected chi connectivity index (χ3v) is 6.32. The van der Waals surface area contributed by atoms with Gasteiger partial charge in [-0.3, -0.25) is 4.90 Å². The van der Waals surface area contributed by atoms with Crippen LogP contribution in [0.4, 0.5) is 25.0 Å². The topological polar surface area (TPSA) is 56.8 Å². The monoisotopic (exact) mass is 488 g/mol. The largest absolute Gasteiger partial charge is 0.489 e. The Balaban J connectivity index is 0.000000225. The molecule has 4 rings (SSSR count). The van der Waals surface area contributed by atoms with Gasteiger partial charge in [0, 0.05) is 51.0 Å². The molecule has 2 aromatic rings. The molecule has 2 aliphatic rings. The molecule has 0 spiro atoms. The number of nitrogens with one attached hydrogen (secondary N) is 2. The molecule has 1 saturated heterocycles. The lowest BCUT2D eigenvalue weighted by atomic mass is 9.94. The number of ether oxygens (including phenoxy) is 1. The van der Waals surface area contributed by atoms with E-state index in [1.54, 1.807) is 0 Å². The Bertz CT molecular complexity index is 922. The quantitative estimate of drug-likeness (QED) is 0.572. The first-order chi connectivity index (χ1) is 16.9. The van der Waals surface area contributed by atoms with Crippen molar-refractivity contribution in [3.8, 4) is 5.75 Å². The molecule has 2 aromatic carbocycles. The van der Waals surface area contributed by atoms with E-state index in [1.165, 1.54) is 57.9 Å². The van der Waals surface area contributed by atoms with Gasteiger partial charge >= 0.3 is 6.03 Å². The summed E-state index contributed by atoms with van der Waals surface area (Å²) in [4.78, 5) is 16.0. The van der Waals surface area contributed by atoms with E-state index in [1.807, 2.05) is 0 Å². The molecule has 2 amide bonds. The molecule has 1 aliphatic carbocycles. The average molecular weight is 489 g/mol. The Morgan fingerprint density at radius 2 is 1.60 bits per heavy atom. The van der Waals surface area contributed by atoms with Gasteiger partial charge < -0.3 is 20.3 Å². The van der Waals surface area contributed by atoms with Crippen LogP contribution in [-0.2, 0) is 0 Å². The standard InChI is InChI=1S/C19H30N2O.C8H8F2N2O/c1-16(2)22-19-11-7-6-10-18(19)21-14-12-20(13-15-21)17-8-4-3-5-9-17;1-11-8(13)12-7-3-5(9)2-6(10)4-7/h6-7,10-11,16-17H,3-5,8-9,12-15H2,1-2H3;2-4H,1H3,(H2,11,12,13). The second-order valence-corrected chi connectivity index (χ2v) is 9.31. The summed E-state index contributed by atoms with van der Waals surface area (Å²) in [5.74, 6) is -0.429. The van der Waals surface area contributed by atoms with Gasteiger partial charge in [-0.05, 0) is 51.0 Å². The summed E-state index contributed by atoms with van der Waals surface area (Å²) in [6, 6.07) is 11.6. The highest BCUT2D eigenvalue weighted by Crippen LogP contribution is 2.31. The van der Waals surface area contributed by atoms with Crippen molar-refractivity contribution in [3.63, 3.8) is 0 Å². The molecule has 0 radical (unpaired) electrons. The number of para-hydroxylation sites is 2. The van der Waals surface area contributed by atoms with Crippen LogP contribution in [0.1, 0.15) is 46.0 Å². The second-order valence-electron chi connectivity index (χ2n) is 9.31. The van der Waals surface area contributed by atoms with Crippen molar-refractivity contribution in [2.75, 3.05) is 43.4 Å². The van der Waals surface area contributed by atoms with Gasteiger partial charge in [-0.15, -0.1) is 0 Å². The van der Waals surface area contributed by atoms with E-state index in [4.69, 9.17) is 4.74 Å². The van der Waals surface area contributed by atoms with E-state index in [2.05, 4.69) is 58.5 Å². The van der Waals surface area contributed by atoms with Gasteiger partial charge in [0.1, 0.15) is 17.4 Å². The third-order valence-electron chi connectivity index (χ3n) is 6.32. The van der Waals surface area contributed by atoms with Crippen LogP contribution < -0.4 is 20.3 Å². The Labute approximate surface area is 207 Å². The maximum atomic E-state index is 12.6. The first-order valence-corrected chi connectivity index (χ1v) is 12.5. The molecule has 1 heterocycles. The number of piperazine rings is 1. The van der Waals surface area contributed by atoms with Crippen LogP contribution in [0.2, 0.25) is 0 Å². The van der Waals surface area contributed by atoms with E-state index in [0.717, 1.165) is 43.1 Å². The molecular formula is C27H38F2N4O2. The zero-order valence-corrected chi connectivity index (χ0v) is 21.0. The first kappa shape index (κ1) is 26.7. The van der Waals surface area contributed by atoms with Crippen molar-refractivity contribution in [2.24, 2.45) is 0 Å². The Morgan fingerprint density at radius 3 is 2.20 bits per heavy atom. The molecule has 192 valence electrons. The van der Waals surface area contributed by atoms with E-state index in [9.17, 15) is 13.6 Å². The molecule has 1 saturated carbocycles. The number of hydrogen-bond donors (Lipinski definition) is 2. The SMILES string of the molecule is CC(C)Oc1ccccc1N1CCN(C2CCCCC2)CC1.CNC(=O)Nc1cc(F)cc(F)c1. The minimum atomic E-state index is -0.730. The molecule has 1 aliphatic heterocycles. The first-order valence-electron chi connectivity index (χ1n) is 12.5. The summed E-state index contributed by atoms with van der Waals surface area (Å²) in [6.45, 7) is 8.82. The molecule has 0 unspecified atom stereocenters. The van der Waals surface area contributed by atoms with Crippen LogP contribution in [0.15, 0.2) is 42.5 Å². The van der Waals surface area contributed by atoms with Gasteiger partial charge in [0.25, 0.3) is 0 Å². The number of hydrogen-bond acceptors (Lipinski definition) is 4. The summed E-state index contributed by atoms with van der Waals surface area (Å²) in [6.07, 6.45) is 7.34. The molecule has 0 bridgehead atoms. The molecule has 0 aromatic heterocycles. The predicted octanol–water partition coefficient (Wildman–Crippen LogP) is 5.64. The summed E-state index contributed by atoms with van der Waals surface area (Å²) >= 11 is 0. The smallest absolute Gasteiger partial charge is 0.318 e. The van der Waals surface area contributed by atoms with E-state index in [0.29, 0.717) is 0 Å². The van der Waals surface area contributed by atoms with Crippen molar-refractivity contribution in [1.29, 1.82) is 0 Å². The van der Waals surface area contributed by atoms with Crippen LogP contribution in [0.5, 0.6) is 5.75 Å². The highest BCUT2D eigenvalue weighted by molar-refractivity contribution is 5.88. The second kappa shape index (κ2) is 13.3. The van der Waals surface area contributed by atoms with Gasteiger partial charge in [-0.2, -0.15) is 0 Å². The highest BCUT2D eigenvalue weighted by Gasteiger charge is 2.26. The Hall–Kier alpha value is -2.87. The van der Waals surface area contributed by atoms with E-state index < -0.39 is 17.7 Å². The summed E-state index contributed by atoms with van der Waals surface area (Å²) in [5, 5.41) is 4.50. The fourth-order valence-electron chi connectivity index (χ4n) is 4.67. The number of anilines is 2. The summed E-state index contributed by atoms with van der Waals surface area (Å²) in [7, 11) is 1.41. The molecular weight excluding hydrogens is 450 g/mol. The lowest BCUT2D eigenvalue weighted by Gasteiger charge is -2.41. The normalized spacial score (nSPS) is 16.9. The number of halogens is 2. The van der Waals surface area contributed by atoms with Gasteiger partial charge in [-0.25, -0.2) is 13.6 Å². The lowest BCUT2D eigenvalue weighted by Crippen LogP contribution is -2.50. The van der Waals surface area contributed by atoms with Gasteiger partial charge in [0.05, 0.1) is 11.8 Å². The number of benzene rings is 2. The third kappa shape index (κ3) is 8.38. The summed E-state index contributed by atoms with van der Waals surface area (Å²) in [5.41, 5.74) is 1.34. The fourth-order valence-corrected chi connectivity index (χ4v) is 4.67. The van der Waals surface area contributed by atoms with Crippen molar-refractivity contribution in [3.05, 3.63) is 54.1 Å². The van der Waals surface area contributed by atoms with Gasteiger partial charge in [0.2, 0.25) is 0 Å². The van der Waals surface area contributed by atoms with Crippen molar-refractivity contribution in [1.82, 2.24) is 10.2 Å². The Morgan fingerprint density at radius 1 is 0.971 bits per heavy atom. The molecule has 2 fully saturated rings. The van der Waals surface area contributed by atoms with Crippen LogP contribution in [0.25, 0.3) is 0 Å².